The molecule has 2 aliphatic rings. The van der Waals surface area contributed by atoms with Crippen LogP contribution in [0, 0.1) is 5.92 Å². The Bertz CT molecular complexity index is 652. The van der Waals surface area contributed by atoms with Gasteiger partial charge in [-0.05, 0) is 31.7 Å². The van der Waals surface area contributed by atoms with Crippen LogP contribution in [0.15, 0.2) is 35.3 Å². The monoisotopic (exact) mass is 370 g/mol. The summed E-state index contributed by atoms with van der Waals surface area (Å²) in [4.78, 5) is 19.1. The van der Waals surface area contributed by atoms with Gasteiger partial charge in [-0.25, -0.2) is 0 Å². The van der Waals surface area contributed by atoms with Crippen LogP contribution in [-0.2, 0) is 10.2 Å². The lowest BCUT2D eigenvalue weighted by molar-refractivity contribution is -0.133. The minimum atomic E-state index is 0.0648. The van der Waals surface area contributed by atoms with Crippen molar-refractivity contribution in [2.75, 3.05) is 26.2 Å². The van der Waals surface area contributed by atoms with Crippen molar-refractivity contribution in [3.05, 3.63) is 35.9 Å². The Morgan fingerprint density at radius 2 is 2.04 bits per heavy atom. The highest BCUT2D eigenvalue weighted by Crippen LogP contribution is 2.43. The zero-order chi connectivity index (χ0) is 19.3. The molecule has 3 rings (SSSR count). The van der Waals surface area contributed by atoms with Crippen LogP contribution in [0.25, 0.3) is 0 Å². The van der Waals surface area contributed by atoms with Crippen LogP contribution in [0.3, 0.4) is 0 Å². The molecular weight excluding hydrogens is 336 g/mol. The van der Waals surface area contributed by atoms with E-state index < -0.39 is 0 Å². The molecule has 1 unspecified atom stereocenters. The SMILES string of the molecule is CCNC(=NCC1(c2ccccc2)CCC1)NC1CCN(C(=O)C(C)C)C1. The molecule has 5 heteroatoms. The van der Waals surface area contributed by atoms with Crippen molar-refractivity contribution in [2.24, 2.45) is 10.9 Å². The summed E-state index contributed by atoms with van der Waals surface area (Å²) in [6, 6.07) is 11.1. The second-order valence-electron chi connectivity index (χ2n) is 8.26. The summed E-state index contributed by atoms with van der Waals surface area (Å²) in [6.07, 6.45) is 4.68. The highest BCUT2D eigenvalue weighted by atomic mass is 16.2. The third-order valence-corrected chi connectivity index (χ3v) is 5.92. The van der Waals surface area contributed by atoms with Gasteiger partial charge in [-0.2, -0.15) is 0 Å². The summed E-state index contributed by atoms with van der Waals surface area (Å²) in [6.45, 7) is 9.29. The van der Waals surface area contributed by atoms with Crippen LogP contribution in [0.5, 0.6) is 0 Å². The van der Waals surface area contributed by atoms with E-state index in [4.69, 9.17) is 4.99 Å². The lowest BCUT2D eigenvalue weighted by atomic mass is 9.64. The van der Waals surface area contributed by atoms with Gasteiger partial charge in [0.2, 0.25) is 5.91 Å². The maximum Gasteiger partial charge on any atom is 0.225 e. The van der Waals surface area contributed by atoms with E-state index in [2.05, 4.69) is 47.9 Å². The predicted octanol–water partition coefficient (Wildman–Crippen LogP) is 2.92. The van der Waals surface area contributed by atoms with Crippen molar-refractivity contribution in [1.82, 2.24) is 15.5 Å². The molecule has 1 aliphatic carbocycles. The first-order chi connectivity index (χ1) is 13.0. The smallest absolute Gasteiger partial charge is 0.225 e. The number of hydrogen-bond donors (Lipinski definition) is 2. The van der Waals surface area contributed by atoms with E-state index in [1.165, 1.54) is 24.8 Å². The van der Waals surface area contributed by atoms with Crippen LogP contribution in [0.4, 0.5) is 0 Å². The molecule has 1 heterocycles. The maximum atomic E-state index is 12.2. The summed E-state index contributed by atoms with van der Waals surface area (Å²) in [5.74, 6) is 1.19. The number of carbonyl (C=O) groups is 1. The van der Waals surface area contributed by atoms with Gasteiger partial charge >= 0.3 is 0 Å². The first-order valence-corrected chi connectivity index (χ1v) is 10.4. The molecule has 0 radical (unpaired) electrons. The van der Waals surface area contributed by atoms with E-state index in [1.54, 1.807) is 0 Å². The van der Waals surface area contributed by atoms with Crippen LogP contribution in [-0.4, -0.2) is 49.0 Å². The second-order valence-corrected chi connectivity index (χ2v) is 8.26. The Morgan fingerprint density at radius 1 is 1.30 bits per heavy atom. The van der Waals surface area contributed by atoms with Gasteiger partial charge in [-0.3, -0.25) is 9.79 Å². The summed E-state index contributed by atoms with van der Waals surface area (Å²) in [5.41, 5.74) is 1.60. The van der Waals surface area contributed by atoms with E-state index in [1.807, 2.05) is 18.7 Å². The summed E-state index contributed by atoms with van der Waals surface area (Å²) >= 11 is 0. The molecule has 2 N–H and O–H groups in total. The van der Waals surface area contributed by atoms with E-state index in [9.17, 15) is 4.79 Å². The van der Waals surface area contributed by atoms with Crippen molar-refractivity contribution in [2.45, 2.75) is 57.9 Å². The Morgan fingerprint density at radius 3 is 2.63 bits per heavy atom. The molecule has 1 aromatic rings. The van der Waals surface area contributed by atoms with Crippen molar-refractivity contribution in [1.29, 1.82) is 0 Å². The number of rotatable bonds is 6. The van der Waals surface area contributed by atoms with E-state index >= 15 is 0 Å². The Hall–Kier alpha value is -2.04. The third kappa shape index (κ3) is 4.63. The number of aliphatic imine (C=N–C) groups is 1. The quantitative estimate of drug-likeness (QED) is 0.598. The average Bonchev–Trinajstić information content (AvgIpc) is 3.09. The Kier molecular flexibility index (Phi) is 6.40. The molecule has 2 fully saturated rings. The van der Waals surface area contributed by atoms with E-state index in [0.29, 0.717) is 0 Å². The van der Waals surface area contributed by atoms with E-state index in [0.717, 1.165) is 38.6 Å². The van der Waals surface area contributed by atoms with Crippen LogP contribution in [0.2, 0.25) is 0 Å². The minimum absolute atomic E-state index is 0.0648. The summed E-state index contributed by atoms with van der Waals surface area (Å²) in [7, 11) is 0. The summed E-state index contributed by atoms with van der Waals surface area (Å²) in [5, 5.41) is 6.94. The van der Waals surface area contributed by atoms with Crippen molar-refractivity contribution < 1.29 is 4.79 Å². The fourth-order valence-electron chi connectivity index (χ4n) is 4.12. The van der Waals surface area contributed by atoms with Crippen molar-refractivity contribution in [3.8, 4) is 0 Å². The lowest BCUT2D eigenvalue weighted by Crippen LogP contribution is -2.46. The molecular formula is C22H34N4O. The zero-order valence-corrected chi connectivity index (χ0v) is 17.0. The number of guanidine groups is 1. The van der Waals surface area contributed by atoms with Crippen molar-refractivity contribution in [3.63, 3.8) is 0 Å². The Labute approximate surface area is 163 Å². The highest BCUT2D eigenvalue weighted by molar-refractivity contribution is 5.81. The molecule has 0 spiro atoms. The third-order valence-electron chi connectivity index (χ3n) is 5.92. The molecule has 27 heavy (non-hydrogen) atoms. The number of nitrogens with one attached hydrogen (secondary N) is 2. The molecule has 1 aromatic carbocycles. The number of amides is 1. The predicted molar refractivity (Wildman–Crippen MR) is 111 cm³/mol. The maximum absolute atomic E-state index is 12.2. The van der Waals surface area contributed by atoms with E-state index in [-0.39, 0.29) is 23.3 Å². The molecule has 1 amide bonds. The number of benzene rings is 1. The Balaban J connectivity index is 1.63. The van der Waals surface area contributed by atoms with Gasteiger partial charge in [0.15, 0.2) is 5.96 Å². The first kappa shape index (κ1) is 19.7. The molecule has 0 aromatic heterocycles. The zero-order valence-electron chi connectivity index (χ0n) is 17.0. The number of hydrogen-bond acceptors (Lipinski definition) is 2. The number of likely N-dealkylation sites (tertiary alicyclic amines) is 1. The highest BCUT2D eigenvalue weighted by Gasteiger charge is 2.38. The first-order valence-electron chi connectivity index (χ1n) is 10.4. The van der Waals surface area contributed by atoms with Crippen molar-refractivity contribution >= 4 is 11.9 Å². The molecule has 1 atom stereocenters. The normalized spacial score (nSPS) is 21.9. The lowest BCUT2D eigenvalue weighted by Gasteiger charge is -2.41. The molecule has 5 nitrogen and oxygen atoms in total. The fourth-order valence-corrected chi connectivity index (χ4v) is 4.12. The number of nitrogens with zero attached hydrogens (tertiary/aromatic N) is 2. The van der Waals surface area contributed by atoms with Gasteiger partial charge in [0.05, 0.1) is 6.54 Å². The average molecular weight is 371 g/mol. The molecule has 148 valence electrons. The fraction of sp³-hybridized carbons (Fsp3) is 0.636. The molecule has 1 aliphatic heterocycles. The molecule has 1 saturated carbocycles. The van der Waals surface area contributed by atoms with Gasteiger partial charge in [0.25, 0.3) is 0 Å². The van der Waals surface area contributed by atoms with Crippen LogP contribution < -0.4 is 10.6 Å². The van der Waals surface area contributed by atoms with Gasteiger partial charge < -0.3 is 15.5 Å². The molecule has 1 saturated heterocycles. The molecule has 0 bridgehead atoms. The minimum Gasteiger partial charge on any atom is -0.357 e. The van der Waals surface area contributed by atoms with Gasteiger partial charge in [-0.15, -0.1) is 0 Å². The van der Waals surface area contributed by atoms with Gasteiger partial charge in [0, 0.05) is 37.0 Å². The summed E-state index contributed by atoms with van der Waals surface area (Å²) < 4.78 is 0. The van der Waals surface area contributed by atoms with Crippen LogP contribution in [0.1, 0.15) is 52.0 Å². The van der Waals surface area contributed by atoms with Gasteiger partial charge in [0.1, 0.15) is 0 Å². The van der Waals surface area contributed by atoms with Gasteiger partial charge in [-0.1, -0.05) is 50.6 Å². The standard InChI is InChI=1S/C22H34N4O/c1-4-23-21(25-19-11-14-26(15-19)20(27)17(2)3)24-16-22(12-8-13-22)18-9-6-5-7-10-18/h5-7,9-10,17,19H,4,8,11-16H2,1-3H3,(H2,23,24,25). The largest absolute Gasteiger partial charge is 0.357 e. The second kappa shape index (κ2) is 8.77. The number of carbonyl (C=O) groups excluding carboxylic acids is 1. The topological polar surface area (TPSA) is 56.7 Å². The van der Waals surface area contributed by atoms with Crippen LogP contribution >= 0.6 is 0 Å².